The van der Waals surface area contributed by atoms with Crippen molar-refractivity contribution in [3.05, 3.63) is 102 Å². The minimum atomic E-state index is -0.0628. The molecule has 3 aromatic carbocycles. The van der Waals surface area contributed by atoms with Crippen molar-refractivity contribution in [2.75, 3.05) is 4.90 Å². The van der Waals surface area contributed by atoms with Crippen molar-refractivity contribution < 1.29 is 4.42 Å². The van der Waals surface area contributed by atoms with E-state index < -0.39 is 0 Å². The van der Waals surface area contributed by atoms with E-state index in [0.717, 1.165) is 22.8 Å². The Morgan fingerprint density at radius 1 is 0.667 bits per heavy atom. The van der Waals surface area contributed by atoms with Crippen molar-refractivity contribution >= 4 is 17.1 Å². The first-order chi connectivity index (χ1) is 13.2. The van der Waals surface area contributed by atoms with E-state index in [2.05, 4.69) is 104 Å². The highest BCUT2D eigenvalue weighted by Crippen LogP contribution is 2.51. The Labute approximate surface area is 159 Å². The number of fused-ring (bicyclic) bond motifs is 3. The molecule has 0 bridgehead atoms. The molecule has 4 aromatic rings. The van der Waals surface area contributed by atoms with Gasteiger partial charge in [0.2, 0.25) is 0 Å². The Bertz CT molecular complexity index is 1050. The normalized spacial score (nSPS) is 13.9. The van der Waals surface area contributed by atoms with Crippen LogP contribution in [0.2, 0.25) is 0 Å². The highest BCUT2D eigenvalue weighted by Gasteiger charge is 2.38. The third-order valence-corrected chi connectivity index (χ3v) is 5.55. The van der Waals surface area contributed by atoms with Gasteiger partial charge in [0.25, 0.3) is 0 Å². The van der Waals surface area contributed by atoms with Gasteiger partial charge in [-0.25, -0.2) is 0 Å². The van der Waals surface area contributed by atoms with E-state index in [1.807, 2.05) is 0 Å². The fourth-order valence-electron chi connectivity index (χ4n) is 4.14. The van der Waals surface area contributed by atoms with Crippen LogP contribution in [-0.2, 0) is 5.41 Å². The van der Waals surface area contributed by atoms with Crippen molar-refractivity contribution in [2.24, 2.45) is 0 Å². The molecular formula is C25H21NO. The van der Waals surface area contributed by atoms with E-state index in [1.165, 1.54) is 16.7 Å². The van der Waals surface area contributed by atoms with E-state index in [0.29, 0.717) is 0 Å². The van der Waals surface area contributed by atoms with Crippen LogP contribution in [0.25, 0.3) is 11.3 Å². The number of benzene rings is 3. The quantitative estimate of drug-likeness (QED) is 0.393. The monoisotopic (exact) mass is 351 g/mol. The molecule has 0 N–H and O–H groups in total. The molecule has 0 saturated carbocycles. The maximum absolute atomic E-state index is 5.79. The van der Waals surface area contributed by atoms with Gasteiger partial charge in [0.05, 0.1) is 6.26 Å². The lowest BCUT2D eigenvalue weighted by Gasteiger charge is -2.27. The summed E-state index contributed by atoms with van der Waals surface area (Å²) in [7, 11) is 0. The van der Waals surface area contributed by atoms with Gasteiger partial charge in [0.15, 0.2) is 0 Å². The summed E-state index contributed by atoms with van der Waals surface area (Å²) in [5.41, 5.74) is 7.17. The minimum absolute atomic E-state index is 0.0628. The Morgan fingerprint density at radius 3 is 1.93 bits per heavy atom. The van der Waals surface area contributed by atoms with Crippen LogP contribution in [0.5, 0.6) is 0 Å². The highest BCUT2D eigenvalue weighted by molar-refractivity contribution is 5.83. The highest BCUT2D eigenvalue weighted by atomic mass is 16.3. The van der Waals surface area contributed by atoms with E-state index in [4.69, 9.17) is 4.42 Å². The summed E-state index contributed by atoms with van der Waals surface area (Å²) in [6, 6.07) is 29.8. The van der Waals surface area contributed by atoms with Gasteiger partial charge < -0.3 is 9.32 Å². The zero-order chi connectivity index (χ0) is 18.4. The van der Waals surface area contributed by atoms with E-state index >= 15 is 0 Å². The molecule has 27 heavy (non-hydrogen) atoms. The van der Waals surface area contributed by atoms with Crippen molar-refractivity contribution in [3.63, 3.8) is 0 Å². The zero-order valence-electron chi connectivity index (χ0n) is 15.5. The standard InChI is InChI=1S/C25H21NO/c1-25(2)22-15-16-27-24(22)21-14-13-20(17-23(21)25)26(18-9-5-3-6-10-18)19-11-7-4-8-12-19/h3-17H,1-2H3. The number of nitrogens with zero attached hydrogens (tertiary/aromatic N) is 1. The molecule has 0 unspecified atom stereocenters. The van der Waals surface area contributed by atoms with E-state index in [1.54, 1.807) is 6.26 Å². The fraction of sp³-hybridized carbons (Fsp3) is 0.120. The van der Waals surface area contributed by atoms with Crippen molar-refractivity contribution in [2.45, 2.75) is 19.3 Å². The van der Waals surface area contributed by atoms with Gasteiger partial charge in [-0.15, -0.1) is 0 Å². The summed E-state index contributed by atoms with van der Waals surface area (Å²) < 4.78 is 5.79. The Kier molecular flexibility index (Phi) is 3.48. The summed E-state index contributed by atoms with van der Waals surface area (Å²) in [4.78, 5) is 2.30. The van der Waals surface area contributed by atoms with Gasteiger partial charge >= 0.3 is 0 Å². The molecule has 1 aliphatic carbocycles. The number of furan rings is 1. The van der Waals surface area contributed by atoms with Crippen LogP contribution >= 0.6 is 0 Å². The third-order valence-electron chi connectivity index (χ3n) is 5.55. The first kappa shape index (κ1) is 16.0. The van der Waals surface area contributed by atoms with Gasteiger partial charge in [0, 0.05) is 33.6 Å². The Morgan fingerprint density at radius 2 is 1.30 bits per heavy atom. The average molecular weight is 351 g/mol. The Hall–Kier alpha value is -3.26. The van der Waals surface area contributed by atoms with Gasteiger partial charge in [-0.2, -0.15) is 0 Å². The van der Waals surface area contributed by atoms with E-state index in [9.17, 15) is 0 Å². The van der Waals surface area contributed by atoms with Crippen molar-refractivity contribution in [1.29, 1.82) is 0 Å². The molecule has 1 heterocycles. The van der Waals surface area contributed by atoms with Crippen LogP contribution in [-0.4, -0.2) is 0 Å². The molecule has 0 radical (unpaired) electrons. The second kappa shape index (κ2) is 5.88. The van der Waals surface area contributed by atoms with E-state index in [-0.39, 0.29) is 5.41 Å². The maximum Gasteiger partial charge on any atom is 0.138 e. The van der Waals surface area contributed by atoms with Gasteiger partial charge in [-0.05, 0) is 54.1 Å². The predicted molar refractivity (Wildman–Crippen MR) is 111 cm³/mol. The summed E-state index contributed by atoms with van der Waals surface area (Å²) >= 11 is 0. The SMILES string of the molecule is CC1(C)c2cc(N(c3ccccc3)c3ccccc3)ccc2-c2occc21. The van der Waals surface area contributed by atoms with Crippen LogP contribution < -0.4 is 4.90 Å². The van der Waals surface area contributed by atoms with Crippen LogP contribution in [0.3, 0.4) is 0 Å². The first-order valence-corrected chi connectivity index (χ1v) is 9.29. The zero-order valence-corrected chi connectivity index (χ0v) is 15.5. The van der Waals surface area contributed by atoms with Crippen LogP contribution in [0, 0.1) is 0 Å². The number of hydrogen-bond donors (Lipinski definition) is 0. The average Bonchev–Trinajstić information content (AvgIpc) is 3.27. The van der Waals surface area contributed by atoms with Crippen molar-refractivity contribution in [1.82, 2.24) is 0 Å². The summed E-state index contributed by atoms with van der Waals surface area (Å²) in [5.74, 6) is 1.01. The molecule has 0 fully saturated rings. The second-order valence-corrected chi connectivity index (χ2v) is 7.52. The van der Waals surface area contributed by atoms with Gasteiger partial charge in [-0.1, -0.05) is 50.2 Å². The summed E-state index contributed by atoms with van der Waals surface area (Å²) in [5, 5.41) is 0. The number of rotatable bonds is 3. The summed E-state index contributed by atoms with van der Waals surface area (Å²) in [6.07, 6.45) is 1.80. The smallest absolute Gasteiger partial charge is 0.138 e. The van der Waals surface area contributed by atoms with Gasteiger partial charge in [-0.3, -0.25) is 0 Å². The lowest BCUT2D eigenvalue weighted by atomic mass is 9.83. The molecule has 1 aliphatic rings. The number of hydrogen-bond acceptors (Lipinski definition) is 2. The molecule has 2 heteroatoms. The first-order valence-electron chi connectivity index (χ1n) is 9.29. The summed E-state index contributed by atoms with van der Waals surface area (Å²) in [6.45, 7) is 4.54. The maximum atomic E-state index is 5.79. The molecule has 1 aromatic heterocycles. The molecule has 132 valence electrons. The minimum Gasteiger partial charge on any atom is -0.464 e. The number of para-hydroxylation sites is 2. The van der Waals surface area contributed by atoms with Crippen LogP contribution in [0.15, 0.2) is 95.6 Å². The lowest BCUT2D eigenvalue weighted by molar-refractivity contribution is 0.579. The molecule has 2 nitrogen and oxygen atoms in total. The fourth-order valence-corrected chi connectivity index (χ4v) is 4.14. The number of anilines is 3. The molecule has 0 amide bonds. The predicted octanol–water partition coefficient (Wildman–Crippen LogP) is 7.06. The van der Waals surface area contributed by atoms with Gasteiger partial charge in [0.1, 0.15) is 5.76 Å². The largest absolute Gasteiger partial charge is 0.464 e. The Balaban J connectivity index is 1.69. The van der Waals surface area contributed by atoms with Crippen LogP contribution in [0.1, 0.15) is 25.0 Å². The molecule has 0 saturated heterocycles. The second-order valence-electron chi connectivity index (χ2n) is 7.52. The molecule has 0 atom stereocenters. The van der Waals surface area contributed by atoms with Crippen LogP contribution in [0.4, 0.5) is 17.1 Å². The lowest BCUT2D eigenvalue weighted by Crippen LogP contribution is -2.16. The molecule has 0 aliphatic heterocycles. The molecule has 5 rings (SSSR count). The van der Waals surface area contributed by atoms with Crippen molar-refractivity contribution in [3.8, 4) is 11.3 Å². The molecular weight excluding hydrogens is 330 g/mol. The topological polar surface area (TPSA) is 16.4 Å². The molecule has 0 spiro atoms. The third kappa shape index (κ3) is 2.41.